The lowest BCUT2D eigenvalue weighted by Gasteiger charge is -2.34. The Kier molecular flexibility index (Phi) is 25.7. The number of rotatable bonds is 27. The second-order valence-electron chi connectivity index (χ2n) is 9.72. The Labute approximate surface area is 231 Å². The molecule has 0 aliphatic rings. The number of carbonyl (C=O) groups excluding carboxylic acids is 3. The number of hydrogen-bond donors (Lipinski definition) is 1. The topological polar surface area (TPSA) is 106 Å². The minimum absolute atomic E-state index is 0.119. The maximum atomic E-state index is 12.3. The average molecular weight is 545 g/mol. The van der Waals surface area contributed by atoms with Gasteiger partial charge in [-0.15, -0.1) is 0 Å². The molecule has 0 aromatic carbocycles. The molecule has 0 saturated heterocycles. The Balaban J connectivity index is 4.83. The summed E-state index contributed by atoms with van der Waals surface area (Å²) < 4.78 is 16.1. The molecule has 224 valence electrons. The van der Waals surface area contributed by atoms with Crippen molar-refractivity contribution in [2.75, 3.05) is 52.6 Å². The van der Waals surface area contributed by atoms with E-state index in [1.54, 1.807) is 0 Å². The molecule has 0 atom stereocenters. The number of hydrazine groups is 1. The molecule has 0 aromatic heterocycles. The predicted octanol–water partition coefficient (Wildman–Crippen LogP) is 5.04. The highest BCUT2D eigenvalue weighted by molar-refractivity contribution is 5.70. The Morgan fingerprint density at radius 3 is 1.11 bits per heavy atom. The van der Waals surface area contributed by atoms with E-state index in [0.717, 1.165) is 77.0 Å². The number of esters is 3. The van der Waals surface area contributed by atoms with E-state index in [4.69, 9.17) is 14.2 Å². The van der Waals surface area contributed by atoms with E-state index in [-0.39, 0.29) is 50.3 Å². The zero-order chi connectivity index (χ0) is 28.3. The highest BCUT2D eigenvalue weighted by Gasteiger charge is 2.20. The zero-order valence-corrected chi connectivity index (χ0v) is 24.6. The Morgan fingerprint density at radius 1 is 0.500 bits per heavy atom. The summed E-state index contributed by atoms with van der Waals surface area (Å²) in [5.74, 6) is -0.872. The molecule has 0 aromatic rings. The van der Waals surface area contributed by atoms with Crippen LogP contribution in [-0.4, -0.2) is 85.6 Å². The molecule has 0 fully saturated rings. The molecule has 9 nitrogen and oxygen atoms in total. The van der Waals surface area contributed by atoms with Gasteiger partial charge in [-0.2, -0.15) is 0 Å². The third-order valence-electron chi connectivity index (χ3n) is 6.26. The van der Waals surface area contributed by atoms with E-state index in [0.29, 0.717) is 39.5 Å². The first-order chi connectivity index (χ1) is 18.5. The van der Waals surface area contributed by atoms with Crippen LogP contribution in [-0.2, 0) is 28.6 Å². The molecule has 0 rings (SSSR count). The van der Waals surface area contributed by atoms with Gasteiger partial charge in [-0.25, -0.2) is 10.0 Å². The fraction of sp³-hybridized carbons (Fsp3) is 0.897. The maximum Gasteiger partial charge on any atom is 0.307 e. The van der Waals surface area contributed by atoms with Crippen molar-refractivity contribution in [2.45, 2.75) is 117 Å². The third-order valence-corrected chi connectivity index (χ3v) is 6.26. The summed E-state index contributed by atoms with van der Waals surface area (Å²) in [6.45, 7) is 8.77. The monoisotopic (exact) mass is 544 g/mol. The number of aliphatic hydroxyl groups is 1. The van der Waals surface area contributed by atoms with Gasteiger partial charge in [-0.3, -0.25) is 14.4 Å². The molecule has 0 heterocycles. The predicted molar refractivity (Wildman–Crippen MR) is 149 cm³/mol. The Bertz CT molecular complexity index is 559. The summed E-state index contributed by atoms with van der Waals surface area (Å²) in [6.07, 6.45) is 12.9. The van der Waals surface area contributed by atoms with Gasteiger partial charge in [0.1, 0.15) is 0 Å². The molecule has 0 aliphatic carbocycles. The van der Waals surface area contributed by atoms with Crippen molar-refractivity contribution in [1.29, 1.82) is 0 Å². The average Bonchev–Trinajstić information content (AvgIpc) is 2.91. The third kappa shape index (κ3) is 22.3. The van der Waals surface area contributed by atoms with Gasteiger partial charge in [0.05, 0.1) is 45.7 Å². The van der Waals surface area contributed by atoms with Crippen LogP contribution < -0.4 is 0 Å². The number of carbonyl (C=O) groups is 3. The summed E-state index contributed by atoms with van der Waals surface area (Å²) in [5.41, 5.74) is 0. The van der Waals surface area contributed by atoms with Gasteiger partial charge in [-0.05, 0) is 19.3 Å². The molecule has 0 bridgehead atoms. The molecule has 0 amide bonds. The van der Waals surface area contributed by atoms with E-state index in [1.807, 2.05) is 10.0 Å². The molecule has 9 heteroatoms. The van der Waals surface area contributed by atoms with Crippen LogP contribution in [0.3, 0.4) is 0 Å². The molecule has 0 radical (unpaired) electrons. The quantitative estimate of drug-likeness (QED) is 0.0659. The van der Waals surface area contributed by atoms with Crippen LogP contribution in [0.2, 0.25) is 0 Å². The van der Waals surface area contributed by atoms with Crippen LogP contribution in [0.1, 0.15) is 117 Å². The summed E-state index contributed by atoms with van der Waals surface area (Å²) >= 11 is 0. The molecule has 0 spiro atoms. The fourth-order valence-corrected chi connectivity index (χ4v) is 3.93. The first kappa shape index (κ1) is 36.3. The number of unbranched alkanes of at least 4 members (excludes halogenated alkanes) is 9. The molecule has 0 unspecified atom stereocenters. The summed E-state index contributed by atoms with van der Waals surface area (Å²) in [5, 5.41) is 13.3. The van der Waals surface area contributed by atoms with Crippen molar-refractivity contribution in [3.05, 3.63) is 0 Å². The Hall–Kier alpha value is -1.71. The van der Waals surface area contributed by atoms with Gasteiger partial charge < -0.3 is 19.3 Å². The summed E-state index contributed by atoms with van der Waals surface area (Å²) in [6, 6.07) is 0. The molecular weight excluding hydrogens is 488 g/mol. The van der Waals surface area contributed by atoms with E-state index in [9.17, 15) is 19.5 Å². The van der Waals surface area contributed by atoms with E-state index < -0.39 is 0 Å². The molecule has 1 N–H and O–H groups in total. The minimum atomic E-state index is -0.291. The summed E-state index contributed by atoms with van der Waals surface area (Å²) in [4.78, 5) is 36.9. The van der Waals surface area contributed by atoms with Crippen molar-refractivity contribution >= 4 is 17.9 Å². The second kappa shape index (κ2) is 26.9. The van der Waals surface area contributed by atoms with E-state index in [2.05, 4.69) is 20.8 Å². The van der Waals surface area contributed by atoms with Crippen LogP contribution in [0.15, 0.2) is 0 Å². The first-order valence-corrected chi connectivity index (χ1v) is 15.1. The lowest BCUT2D eigenvalue weighted by molar-refractivity contribution is -0.150. The Morgan fingerprint density at radius 2 is 0.816 bits per heavy atom. The van der Waals surface area contributed by atoms with Crippen LogP contribution in [0, 0.1) is 0 Å². The maximum absolute atomic E-state index is 12.3. The standard InChI is InChI=1S/C29H56N2O7/c1-4-7-10-13-24-36-27(33)16-19-30(20-17-28(34)37-25-14-11-8-5-2)31(22-23-32)21-18-29(35)38-26-15-12-9-6-3/h32H,4-26H2,1-3H3. The second-order valence-corrected chi connectivity index (χ2v) is 9.72. The molecule has 0 aliphatic heterocycles. The van der Waals surface area contributed by atoms with Crippen LogP contribution >= 0.6 is 0 Å². The van der Waals surface area contributed by atoms with E-state index >= 15 is 0 Å². The number of hydrogen-bond acceptors (Lipinski definition) is 9. The van der Waals surface area contributed by atoms with Crippen LogP contribution in [0.4, 0.5) is 0 Å². The van der Waals surface area contributed by atoms with Gasteiger partial charge in [0, 0.05) is 26.2 Å². The smallest absolute Gasteiger partial charge is 0.307 e. The SMILES string of the molecule is CCCCCCOC(=O)CCN(CCO)N(CCC(=O)OCCCCCC)CCC(=O)OCCCCCC. The number of nitrogens with zero attached hydrogens (tertiary/aromatic N) is 2. The lowest BCUT2D eigenvalue weighted by Crippen LogP contribution is -2.47. The van der Waals surface area contributed by atoms with Gasteiger partial charge in [0.15, 0.2) is 0 Å². The van der Waals surface area contributed by atoms with Crippen LogP contribution in [0.5, 0.6) is 0 Å². The normalized spacial score (nSPS) is 11.2. The lowest BCUT2D eigenvalue weighted by atomic mass is 10.2. The zero-order valence-electron chi connectivity index (χ0n) is 24.6. The summed E-state index contributed by atoms with van der Waals surface area (Å²) in [7, 11) is 0. The first-order valence-electron chi connectivity index (χ1n) is 15.1. The minimum Gasteiger partial charge on any atom is -0.466 e. The number of aliphatic hydroxyl groups excluding tert-OH is 1. The van der Waals surface area contributed by atoms with Crippen molar-refractivity contribution in [2.24, 2.45) is 0 Å². The van der Waals surface area contributed by atoms with Crippen LogP contribution in [0.25, 0.3) is 0 Å². The van der Waals surface area contributed by atoms with Crippen molar-refractivity contribution in [3.8, 4) is 0 Å². The largest absolute Gasteiger partial charge is 0.466 e. The van der Waals surface area contributed by atoms with Gasteiger partial charge in [-0.1, -0.05) is 78.6 Å². The van der Waals surface area contributed by atoms with Gasteiger partial charge in [0.25, 0.3) is 0 Å². The van der Waals surface area contributed by atoms with Crippen molar-refractivity contribution < 1.29 is 33.7 Å². The fourth-order valence-electron chi connectivity index (χ4n) is 3.93. The van der Waals surface area contributed by atoms with Crippen molar-refractivity contribution in [3.63, 3.8) is 0 Å². The number of ether oxygens (including phenoxy) is 3. The molecular formula is C29H56N2O7. The van der Waals surface area contributed by atoms with Gasteiger partial charge in [0.2, 0.25) is 0 Å². The molecule has 0 saturated carbocycles. The highest BCUT2D eigenvalue weighted by Crippen LogP contribution is 2.08. The van der Waals surface area contributed by atoms with Crippen molar-refractivity contribution in [1.82, 2.24) is 10.0 Å². The van der Waals surface area contributed by atoms with Gasteiger partial charge >= 0.3 is 17.9 Å². The molecule has 38 heavy (non-hydrogen) atoms. The van der Waals surface area contributed by atoms with E-state index in [1.165, 1.54) is 0 Å². The highest BCUT2D eigenvalue weighted by atomic mass is 16.5.